The Labute approximate surface area is 279 Å². The highest BCUT2D eigenvalue weighted by molar-refractivity contribution is 7.19. The van der Waals surface area contributed by atoms with Gasteiger partial charge in [0.05, 0.1) is 20.8 Å². The molecule has 7 nitrogen and oxygen atoms in total. The molecular weight excluding hydrogens is 616 g/mol. The number of carboxylic acid groups (broad SMARTS) is 1. The summed E-state index contributed by atoms with van der Waals surface area (Å²) in [7, 11) is 0. The monoisotopic (exact) mass is 654 g/mol. The molecule has 0 radical (unpaired) electrons. The fourth-order valence-corrected chi connectivity index (χ4v) is 7.68. The van der Waals surface area contributed by atoms with E-state index < -0.39 is 17.7 Å². The number of halogens is 1. The maximum Gasteiger partial charge on any atom is 0.337 e. The van der Waals surface area contributed by atoms with E-state index in [2.05, 4.69) is 27.4 Å². The molecule has 46 heavy (non-hydrogen) atoms. The van der Waals surface area contributed by atoms with Crippen LogP contribution < -0.4 is 5.32 Å². The lowest BCUT2D eigenvalue weighted by Gasteiger charge is -2.28. The van der Waals surface area contributed by atoms with Crippen LogP contribution in [0, 0.1) is 6.92 Å². The molecule has 0 amide bonds. The van der Waals surface area contributed by atoms with Crippen molar-refractivity contribution in [3.8, 4) is 11.1 Å². The first-order valence-corrected chi connectivity index (χ1v) is 16.9. The molecule has 7 rings (SSSR count). The predicted octanol–water partition coefficient (Wildman–Crippen LogP) is 8.26. The van der Waals surface area contributed by atoms with E-state index in [1.165, 1.54) is 22.5 Å². The number of pyridine rings is 2. The zero-order valence-corrected chi connectivity index (χ0v) is 28.2. The number of aromatic nitrogens is 3. The fraction of sp³-hybridized carbons (Fsp3) is 0.351. The van der Waals surface area contributed by atoms with Gasteiger partial charge in [-0.25, -0.2) is 9.78 Å². The zero-order chi connectivity index (χ0) is 32.4. The molecule has 0 saturated carbocycles. The highest BCUT2D eigenvalue weighted by Crippen LogP contribution is 2.45. The van der Waals surface area contributed by atoms with Crippen molar-refractivity contribution in [2.45, 2.75) is 77.5 Å². The lowest BCUT2D eigenvalue weighted by Crippen LogP contribution is -2.28. The predicted molar refractivity (Wildman–Crippen MR) is 185 cm³/mol. The Kier molecular flexibility index (Phi) is 9.52. The van der Waals surface area contributed by atoms with Gasteiger partial charge in [-0.05, 0) is 99.5 Å². The van der Waals surface area contributed by atoms with Crippen LogP contribution in [0.15, 0.2) is 67.0 Å². The highest BCUT2D eigenvalue weighted by Gasteiger charge is 2.33. The summed E-state index contributed by atoms with van der Waals surface area (Å²) in [6.07, 6.45) is 6.54. The number of rotatable bonds is 5. The first-order valence-electron chi connectivity index (χ1n) is 15.7. The smallest absolute Gasteiger partial charge is 0.337 e. The van der Waals surface area contributed by atoms with Crippen molar-refractivity contribution < 1.29 is 14.6 Å². The SMILES string of the molecule is Cc1cc2nc(C3CCc4ncccc4C3)sc2c(-c2ccc(Cl)cc2)c1[C@H](OC(C)(C)C)C(=O)O.c1cnc2c(c1)CNCC2. The number of nitrogens with zero attached hydrogens (tertiary/aromatic N) is 3. The van der Waals surface area contributed by atoms with Gasteiger partial charge in [0.15, 0.2) is 6.10 Å². The van der Waals surface area contributed by atoms with Crippen LogP contribution in [0.2, 0.25) is 5.02 Å². The average molecular weight is 655 g/mol. The van der Waals surface area contributed by atoms with Crippen molar-refractivity contribution in [1.82, 2.24) is 20.3 Å². The van der Waals surface area contributed by atoms with Gasteiger partial charge in [-0.3, -0.25) is 9.97 Å². The van der Waals surface area contributed by atoms with Gasteiger partial charge >= 0.3 is 5.97 Å². The third-order valence-corrected chi connectivity index (χ3v) is 9.91. The highest BCUT2D eigenvalue weighted by atomic mass is 35.5. The van der Waals surface area contributed by atoms with E-state index in [-0.39, 0.29) is 0 Å². The van der Waals surface area contributed by atoms with Gasteiger partial charge in [-0.2, -0.15) is 0 Å². The van der Waals surface area contributed by atoms with Gasteiger partial charge in [0.2, 0.25) is 0 Å². The van der Waals surface area contributed by atoms with E-state index in [1.807, 2.05) is 82.6 Å². The molecule has 0 spiro atoms. The maximum absolute atomic E-state index is 12.5. The summed E-state index contributed by atoms with van der Waals surface area (Å²) in [5, 5.41) is 15.2. The van der Waals surface area contributed by atoms with E-state index in [0.29, 0.717) is 16.5 Å². The van der Waals surface area contributed by atoms with Crippen LogP contribution in [0.4, 0.5) is 0 Å². The van der Waals surface area contributed by atoms with Crippen LogP contribution in [-0.4, -0.2) is 38.2 Å². The lowest BCUT2D eigenvalue weighted by atomic mass is 9.87. The average Bonchev–Trinajstić information content (AvgIpc) is 3.47. The number of fused-ring (bicyclic) bond motifs is 3. The Hall–Kier alpha value is -3.69. The van der Waals surface area contributed by atoms with E-state index in [0.717, 1.165) is 70.7 Å². The Balaban J connectivity index is 0.000000314. The number of carboxylic acids is 1. The first kappa shape index (κ1) is 32.3. The van der Waals surface area contributed by atoms with E-state index >= 15 is 0 Å². The summed E-state index contributed by atoms with van der Waals surface area (Å²) in [6.45, 7) is 9.63. The van der Waals surface area contributed by atoms with Gasteiger partial charge in [0.25, 0.3) is 0 Å². The summed E-state index contributed by atoms with van der Waals surface area (Å²) < 4.78 is 7.10. The quantitative estimate of drug-likeness (QED) is 0.197. The lowest BCUT2D eigenvalue weighted by molar-refractivity contribution is -0.160. The van der Waals surface area contributed by atoms with Crippen LogP contribution in [0.1, 0.15) is 77.9 Å². The number of aryl methyl sites for hydroxylation is 2. The number of nitrogens with one attached hydrogen (secondary N) is 1. The number of ether oxygens (including phenoxy) is 1. The third-order valence-electron chi connectivity index (χ3n) is 8.40. The van der Waals surface area contributed by atoms with Crippen molar-refractivity contribution >= 4 is 39.1 Å². The van der Waals surface area contributed by atoms with Crippen LogP contribution in [0.25, 0.3) is 21.3 Å². The summed E-state index contributed by atoms with van der Waals surface area (Å²) >= 11 is 7.86. The standard InChI is InChI=1S/C29H29ClN2O3S.C8H10N2/c1-16-14-22-26(36-27(32-22)19-9-12-21-18(15-19)6-5-13-31-21)24(17-7-10-20(30)11-8-17)23(16)25(28(33)34)35-29(2,3)4;1-2-7-6-9-5-3-8(7)10-4-1/h5-8,10-11,13-14,19,25H,9,12,15H2,1-4H3,(H,33,34);1-2,4,9H,3,5-6H2/t19?,25-;/m0./s1. The molecule has 1 aliphatic carbocycles. The van der Waals surface area contributed by atoms with Crippen molar-refractivity contribution in [2.75, 3.05) is 6.54 Å². The van der Waals surface area contributed by atoms with Crippen molar-refractivity contribution in [1.29, 1.82) is 0 Å². The minimum Gasteiger partial charge on any atom is -0.479 e. The van der Waals surface area contributed by atoms with Gasteiger partial charge in [-0.1, -0.05) is 35.9 Å². The third kappa shape index (κ3) is 7.15. The molecule has 2 aliphatic rings. The molecule has 4 heterocycles. The van der Waals surface area contributed by atoms with Crippen molar-refractivity contribution in [2.24, 2.45) is 0 Å². The molecule has 5 aromatic rings. The molecule has 2 aromatic carbocycles. The molecule has 0 saturated heterocycles. The Morgan fingerprint density at radius 1 is 1.04 bits per heavy atom. The molecule has 0 fully saturated rings. The Morgan fingerprint density at radius 3 is 2.41 bits per heavy atom. The van der Waals surface area contributed by atoms with Crippen LogP contribution >= 0.6 is 22.9 Å². The zero-order valence-electron chi connectivity index (χ0n) is 26.6. The van der Waals surface area contributed by atoms with E-state index in [1.54, 1.807) is 11.3 Å². The number of benzene rings is 2. The number of thiazole rings is 1. The Bertz CT molecular complexity index is 1840. The number of aliphatic carboxylic acids is 1. The molecule has 2 N–H and O–H groups in total. The van der Waals surface area contributed by atoms with Crippen LogP contribution in [-0.2, 0) is 35.3 Å². The largest absolute Gasteiger partial charge is 0.479 e. The Morgan fingerprint density at radius 2 is 1.74 bits per heavy atom. The summed E-state index contributed by atoms with van der Waals surface area (Å²) in [5.41, 5.74) is 8.61. The second-order valence-electron chi connectivity index (χ2n) is 12.9. The summed E-state index contributed by atoms with van der Waals surface area (Å²) in [6, 6.07) is 17.8. The molecule has 3 aromatic heterocycles. The fourth-order valence-electron chi connectivity index (χ4n) is 6.29. The van der Waals surface area contributed by atoms with E-state index in [4.69, 9.17) is 21.3 Å². The summed E-state index contributed by atoms with van der Waals surface area (Å²) in [5.74, 6) is -0.703. The summed E-state index contributed by atoms with van der Waals surface area (Å²) in [4.78, 5) is 26.4. The van der Waals surface area contributed by atoms with Crippen molar-refractivity contribution in [3.63, 3.8) is 0 Å². The topological polar surface area (TPSA) is 97.2 Å². The minimum absolute atomic E-state index is 0.307. The van der Waals surface area contributed by atoms with Gasteiger partial charge in [-0.15, -0.1) is 11.3 Å². The molecular formula is C37H39ClN4O3S. The second kappa shape index (κ2) is 13.6. The molecule has 9 heteroatoms. The van der Waals surface area contributed by atoms with E-state index in [9.17, 15) is 9.90 Å². The number of hydrogen-bond acceptors (Lipinski definition) is 7. The number of carbonyl (C=O) groups is 1. The molecule has 238 valence electrons. The first-order chi connectivity index (χ1) is 22.1. The van der Waals surface area contributed by atoms with Crippen LogP contribution in [0.3, 0.4) is 0 Å². The minimum atomic E-state index is -1.11. The van der Waals surface area contributed by atoms with Gasteiger partial charge < -0.3 is 15.2 Å². The molecule has 1 aliphatic heterocycles. The van der Waals surface area contributed by atoms with Crippen LogP contribution in [0.5, 0.6) is 0 Å². The van der Waals surface area contributed by atoms with Gasteiger partial charge in [0.1, 0.15) is 0 Å². The van der Waals surface area contributed by atoms with Crippen molar-refractivity contribution in [3.05, 3.63) is 111 Å². The molecule has 0 bridgehead atoms. The number of hydrogen-bond donors (Lipinski definition) is 2. The maximum atomic E-state index is 12.5. The molecule has 1 unspecified atom stereocenters. The van der Waals surface area contributed by atoms with Gasteiger partial charge in [0, 0.05) is 65.4 Å². The normalized spacial score (nSPS) is 16.6. The second-order valence-corrected chi connectivity index (χ2v) is 14.4. The molecule has 2 atom stereocenters.